The Kier molecular flexibility index (Phi) is 8.74. The number of carbonyl (C=O) groups excluding carboxylic acids is 2. The van der Waals surface area contributed by atoms with Gasteiger partial charge in [0.2, 0.25) is 17.8 Å². The van der Waals surface area contributed by atoms with E-state index >= 15 is 0 Å². The summed E-state index contributed by atoms with van der Waals surface area (Å²) in [6, 6.07) is 1.83. The molecule has 0 saturated carbocycles. The molecule has 9 heteroatoms. The fraction of sp³-hybridized carbons (Fsp3) is 0.714. The van der Waals surface area contributed by atoms with Gasteiger partial charge < -0.3 is 15.1 Å². The minimum Gasteiger partial charge on any atom is -0.355 e. The van der Waals surface area contributed by atoms with Gasteiger partial charge >= 0.3 is 0 Å². The van der Waals surface area contributed by atoms with E-state index in [4.69, 9.17) is 0 Å². The standard InChI is InChI=1S/C21H34N6O2S/c1-17(16-30-2)20(29)26-9-4-18(5-10-26)19(28)22-8-11-25-12-14-27(15-13-25)21-23-6-3-7-24-21/h3,6-7,17-18H,4-5,8-16H2,1-2H3,(H,22,28). The minimum absolute atomic E-state index is 0.0250. The number of piperazine rings is 1. The van der Waals surface area contributed by atoms with Gasteiger partial charge in [0.1, 0.15) is 0 Å². The van der Waals surface area contributed by atoms with Crippen molar-refractivity contribution in [2.75, 3.05) is 69.3 Å². The van der Waals surface area contributed by atoms with Crippen LogP contribution in [0, 0.1) is 11.8 Å². The summed E-state index contributed by atoms with van der Waals surface area (Å²) in [6.45, 7) is 8.61. The zero-order valence-corrected chi connectivity index (χ0v) is 18.9. The zero-order chi connectivity index (χ0) is 21.3. The lowest BCUT2D eigenvalue weighted by molar-refractivity contribution is -0.138. The van der Waals surface area contributed by atoms with E-state index in [1.165, 1.54) is 0 Å². The molecule has 3 rings (SSSR count). The molecular formula is C21H34N6O2S. The van der Waals surface area contributed by atoms with Gasteiger partial charge in [-0.15, -0.1) is 0 Å². The van der Waals surface area contributed by atoms with Crippen molar-refractivity contribution in [1.82, 2.24) is 25.1 Å². The van der Waals surface area contributed by atoms with E-state index in [0.717, 1.165) is 57.3 Å². The molecule has 0 aliphatic carbocycles. The second-order valence-corrected chi connectivity index (χ2v) is 9.04. The van der Waals surface area contributed by atoms with Crippen LogP contribution in [0.1, 0.15) is 19.8 Å². The van der Waals surface area contributed by atoms with Crippen LogP contribution in [-0.2, 0) is 9.59 Å². The van der Waals surface area contributed by atoms with E-state index in [1.54, 1.807) is 24.2 Å². The Morgan fingerprint density at radius 3 is 2.43 bits per heavy atom. The summed E-state index contributed by atoms with van der Waals surface area (Å²) in [5.74, 6) is 2.08. The maximum atomic E-state index is 12.5. The van der Waals surface area contributed by atoms with Gasteiger partial charge in [-0.05, 0) is 25.2 Å². The van der Waals surface area contributed by atoms with E-state index in [0.29, 0.717) is 19.6 Å². The number of thioether (sulfide) groups is 1. The van der Waals surface area contributed by atoms with Crippen molar-refractivity contribution >= 4 is 29.5 Å². The number of anilines is 1. The number of carbonyl (C=O) groups is 2. The van der Waals surface area contributed by atoms with Crippen molar-refractivity contribution in [2.45, 2.75) is 19.8 Å². The van der Waals surface area contributed by atoms with Crippen LogP contribution in [0.3, 0.4) is 0 Å². The highest BCUT2D eigenvalue weighted by molar-refractivity contribution is 7.98. The Morgan fingerprint density at radius 1 is 1.13 bits per heavy atom. The quantitative estimate of drug-likeness (QED) is 0.652. The van der Waals surface area contributed by atoms with Crippen LogP contribution in [-0.4, -0.2) is 95.9 Å². The lowest BCUT2D eigenvalue weighted by Gasteiger charge is -2.35. The molecule has 2 saturated heterocycles. The molecular weight excluding hydrogens is 400 g/mol. The van der Waals surface area contributed by atoms with Crippen molar-refractivity contribution in [3.63, 3.8) is 0 Å². The normalized spacial score (nSPS) is 19.5. The van der Waals surface area contributed by atoms with Gasteiger partial charge in [0.25, 0.3) is 0 Å². The maximum absolute atomic E-state index is 12.5. The number of aromatic nitrogens is 2. The first-order valence-corrected chi connectivity index (χ1v) is 12.3. The second kappa shape index (κ2) is 11.5. The lowest BCUT2D eigenvalue weighted by atomic mass is 9.95. The van der Waals surface area contributed by atoms with E-state index in [1.807, 2.05) is 24.1 Å². The monoisotopic (exact) mass is 434 g/mol. The topological polar surface area (TPSA) is 81.7 Å². The van der Waals surface area contributed by atoms with Gasteiger partial charge in [-0.1, -0.05) is 6.92 Å². The van der Waals surface area contributed by atoms with Crippen molar-refractivity contribution in [3.8, 4) is 0 Å². The number of likely N-dealkylation sites (tertiary alicyclic amines) is 1. The highest BCUT2D eigenvalue weighted by Crippen LogP contribution is 2.20. The third-order valence-electron chi connectivity index (χ3n) is 5.95. The molecule has 0 spiro atoms. The van der Waals surface area contributed by atoms with E-state index < -0.39 is 0 Å². The molecule has 1 aromatic heterocycles. The second-order valence-electron chi connectivity index (χ2n) is 8.12. The number of hydrogen-bond acceptors (Lipinski definition) is 7. The lowest BCUT2D eigenvalue weighted by Crippen LogP contribution is -2.49. The summed E-state index contributed by atoms with van der Waals surface area (Å²) >= 11 is 1.70. The van der Waals surface area contributed by atoms with Gasteiger partial charge in [0.15, 0.2) is 0 Å². The highest BCUT2D eigenvalue weighted by Gasteiger charge is 2.29. The smallest absolute Gasteiger partial charge is 0.226 e. The largest absolute Gasteiger partial charge is 0.355 e. The summed E-state index contributed by atoms with van der Waals surface area (Å²) in [5.41, 5.74) is 0. The summed E-state index contributed by atoms with van der Waals surface area (Å²) in [5, 5.41) is 3.10. The maximum Gasteiger partial charge on any atom is 0.226 e. The number of rotatable bonds is 8. The summed E-state index contributed by atoms with van der Waals surface area (Å²) < 4.78 is 0. The summed E-state index contributed by atoms with van der Waals surface area (Å²) in [6.07, 6.45) is 7.10. The number of nitrogens with zero attached hydrogens (tertiary/aromatic N) is 5. The van der Waals surface area contributed by atoms with Crippen LogP contribution < -0.4 is 10.2 Å². The summed E-state index contributed by atoms with van der Waals surface area (Å²) in [7, 11) is 0. The van der Waals surface area contributed by atoms with Crippen LogP contribution in [0.25, 0.3) is 0 Å². The zero-order valence-electron chi connectivity index (χ0n) is 18.1. The molecule has 1 unspecified atom stereocenters. The fourth-order valence-corrected chi connectivity index (χ4v) is 4.75. The molecule has 0 aromatic carbocycles. The van der Waals surface area contributed by atoms with Gasteiger partial charge in [-0.2, -0.15) is 11.8 Å². The predicted molar refractivity (Wildman–Crippen MR) is 121 cm³/mol. The Hall–Kier alpha value is -1.87. The first-order chi connectivity index (χ1) is 14.6. The first-order valence-electron chi connectivity index (χ1n) is 10.9. The molecule has 2 fully saturated rings. The van der Waals surface area contributed by atoms with Crippen LogP contribution in [0.2, 0.25) is 0 Å². The predicted octanol–water partition coefficient (Wildman–Crippen LogP) is 0.953. The third-order valence-corrected chi connectivity index (χ3v) is 6.78. The Balaban J connectivity index is 1.31. The number of hydrogen-bond donors (Lipinski definition) is 1. The fourth-order valence-electron chi connectivity index (χ4n) is 4.10. The van der Waals surface area contributed by atoms with Crippen LogP contribution in [0.5, 0.6) is 0 Å². The molecule has 1 N–H and O–H groups in total. The molecule has 166 valence electrons. The average Bonchev–Trinajstić information content (AvgIpc) is 2.80. The van der Waals surface area contributed by atoms with Crippen molar-refractivity contribution < 1.29 is 9.59 Å². The van der Waals surface area contributed by atoms with Crippen molar-refractivity contribution in [2.24, 2.45) is 11.8 Å². The van der Waals surface area contributed by atoms with Crippen molar-refractivity contribution in [1.29, 1.82) is 0 Å². The Bertz CT molecular complexity index is 675. The van der Waals surface area contributed by atoms with Crippen LogP contribution >= 0.6 is 11.8 Å². The molecule has 1 aromatic rings. The van der Waals surface area contributed by atoms with Gasteiger partial charge in [0, 0.05) is 82.3 Å². The molecule has 2 aliphatic rings. The van der Waals surface area contributed by atoms with Crippen LogP contribution in [0.15, 0.2) is 18.5 Å². The minimum atomic E-state index is 0.0250. The number of amides is 2. The molecule has 2 amide bonds. The van der Waals surface area contributed by atoms with Gasteiger partial charge in [-0.3, -0.25) is 14.5 Å². The van der Waals surface area contributed by atoms with E-state index in [2.05, 4.69) is 25.1 Å². The van der Waals surface area contributed by atoms with E-state index in [-0.39, 0.29) is 23.7 Å². The molecule has 3 heterocycles. The molecule has 8 nitrogen and oxygen atoms in total. The van der Waals surface area contributed by atoms with Crippen LogP contribution in [0.4, 0.5) is 5.95 Å². The SMILES string of the molecule is CSCC(C)C(=O)N1CCC(C(=O)NCCN2CCN(c3ncccn3)CC2)CC1. The van der Waals surface area contributed by atoms with Gasteiger partial charge in [-0.25, -0.2) is 9.97 Å². The highest BCUT2D eigenvalue weighted by atomic mass is 32.2. The molecule has 0 radical (unpaired) electrons. The third kappa shape index (κ3) is 6.31. The summed E-state index contributed by atoms with van der Waals surface area (Å²) in [4.78, 5) is 40.1. The Morgan fingerprint density at radius 2 is 1.80 bits per heavy atom. The molecule has 2 aliphatic heterocycles. The number of nitrogens with one attached hydrogen (secondary N) is 1. The van der Waals surface area contributed by atoms with E-state index in [9.17, 15) is 9.59 Å². The first kappa shape index (κ1) is 22.8. The molecule has 30 heavy (non-hydrogen) atoms. The average molecular weight is 435 g/mol. The van der Waals surface area contributed by atoms with Crippen molar-refractivity contribution in [3.05, 3.63) is 18.5 Å². The number of piperidine rings is 1. The Labute approximate surface area is 183 Å². The molecule has 0 bridgehead atoms. The molecule has 1 atom stereocenters. The van der Waals surface area contributed by atoms with Gasteiger partial charge in [0.05, 0.1) is 0 Å².